The average molecular weight is 276 g/mol. The number of halogens is 2. The summed E-state index contributed by atoms with van der Waals surface area (Å²) < 4.78 is 0. The summed E-state index contributed by atoms with van der Waals surface area (Å²) in [6, 6.07) is 5.67. The Morgan fingerprint density at radius 2 is 2.12 bits per heavy atom. The third-order valence-electron chi connectivity index (χ3n) is 1.96. The molecule has 4 heteroatoms. The second-order valence-electron chi connectivity index (χ2n) is 3.39. The van der Waals surface area contributed by atoms with E-state index in [0.29, 0.717) is 10.0 Å². The maximum absolute atomic E-state index is 5.93. The van der Waals surface area contributed by atoms with E-state index in [-0.39, 0.29) is 0 Å². The molecule has 0 unspecified atom stereocenters. The summed E-state index contributed by atoms with van der Waals surface area (Å²) in [7, 11) is 0. The summed E-state index contributed by atoms with van der Waals surface area (Å²) in [4.78, 5) is 1.12. The Bertz CT molecular complexity index is 366. The van der Waals surface area contributed by atoms with Crippen LogP contribution in [0.3, 0.4) is 0 Å². The first-order valence-corrected chi connectivity index (χ1v) is 6.83. The van der Waals surface area contributed by atoms with Gasteiger partial charge in [-0.15, -0.1) is 11.8 Å². The van der Waals surface area contributed by atoms with Gasteiger partial charge in [-0.3, -0.25) is 0 Å². The largest absolute Gasteiger partial charge is 0.313 e. The van der Waals surface area contributed by atoms with Crippen LogP contribution in [-0.2, 0) is 0 Å². The van der Waals surface area contributed by atoms with Crippen molar-refractivity contribution >= 4 is 35.0 Å². The normalized spacial score (nSPS) is 10.4. The monoisotopic (exact) mass is 275 g/mol. The average Bonchev–Trinajstić information content (AvgIpc) is 2.28. The minimum Gasteiger partial charge on any atom is -0.313 e. The zero-order valence-electron chi connectivity index (χ0n) is 9.22. The molecule has 0 aliphatic rings. The van der Waals surface area contributed by atoms with Crippen LogP contribution in [0.1, 0.15) is 6.92 Å². The minimum absolute atomic E-state index is 0.595. The Balaban J connectivity index is 2.42. The molecular formula is C12H15Cl2NS. The van der Waals surface area contributed by atoms with E-state index >= 15 is 0 Å². The third-order valence-corrected chi connectivity index (χ3v) is 3.84. The van der Waals surface area contributed by atoms with E-state index in [0.717, 1.165) is 23.7 Å². The molecule has 0 fully saturated rings. The Labute approximate surface area is 111 Å². The van der Waals surface area contributed by atoms with Crippen molar-refractivity contribution in [2.24, 2.45) is 0 Å². The molecule has 0 aliphatic heterocycles. The SMILES string of the molecule is C=C(CNCC)CSc1ccc(Cl)c(Cl)c1. The molecule has 0 radical (unpaired) electrons. The van der Waals surface area contributed by atoms with Gasteiger partial charge >= 0.3 is 0 Å². The Morgan fingerprint density at radius 3 is 2.75 bits per heavy atom. The first-order chi connectivity index (χ1) is 7.63. The fraction of sp³-hybridized carbons (Fsp3) is 0.333. The van der Waals surface area contributed by atoms with Gasteiger partial charge in [0.2, 0.25) is 0 Å². The van der Waals surface area contributed by atoms with Crippen LogP contribution in [0.15, 0.2) is 35.2 Å². The van der Waals surface area contributed by atoms with Gasteiger partial charge in [-0.2, -0.15) is 0 Å². The number of nitrogens with one attached hydrogen (secondary N) is 1. The Kier molecular flexibility index (Phi) is 6.29. The van der Waals surface area contributed by atoms with Crippen LogP contribution in [0.25, 0.3) is 0 Å². The second-order valence-corrected chi connectivity index (χ2v) is 5.26. The van der Waals surface area contributed by atoms with Gasteiger partial charge in [0, 0.05) is 17.2 Å². The molecule has 0 heterocycles. The van der Waals surface area contributed by atoms with E-state index in [9.17, 15) is 0 Å². The highest BCUT2D eigenvalue weighted by Crippen LogP contribution is 2.28. The number of hydrogen-bond donors (Lipinski definition) is 1. The highest BCUT2D eigenvalue weighted by Gasteiger charge is 2.01. The van der Waals surface area contributed by atoms with Gasteiger partial charge in [0.05, 0.1) is 10.0 Å². The third kappa shape index (κ3) is 4.79. The number of rotatable bonds is 6. The fourth-order valence-corrected chi connectivity index (χ4v) is 2.31. The van der Waals surface area contributed by atoms with Gasteiger partial charge in [-0.1, -0.05) is 42.3 Å². The molecule has 0 saturated heterocycles. The van der Waals surface area contributed by atoms with Crippen LogP contribution in [0.4, 0.5) is 0 Å². The zero-order valence-corrected chi connectivity index (χ0v) is 11.6. The molecule has 1 aromatic carbocycles. The van der Waals surface area contributed by atoms with Crippen LogP contribution in [0.2, 0.25) is 10.0 Å². The summed E-state index contributed by atoms with van der Waals surface area (Å²) >= 11 is 13.5. The quantitative estimate of drug-likeness (QED) is 0.615. The van der Waals surface area contributed by atoms with Crippen molar-refractivity contribution in [2.45, 2.75) is 11.8 Å². The number of thioether (sulfide) groups is 1. The first-order valence-electron chi connectivity index (χ1n) is 5.08. The van der Waals surface area contributed by atoms with Crippen molar-refractivity contribution in [1.82, 2.24) is 5.32 Å². The van der Waals surface area contributed by atoms with Gasteiger partial charge in [0.25, 0.3) is 0 Å². The first kappa shape index (κ1) is 13.9. The Hall–Kier alpha value is -0.150. The number of hydrogen-bond acceptors (Lipinski definition) is 2. The molecular weight excluding hydrogens is 261 g/mol. The molecule has 0 aromatic heterocycles. The van der Waals surface area contributed by atoms with Crippen LogP contribution < -0.4 is 5.32 Å². The topological polar surface area (TPSA) is 12.0 Å². The highest BCUT2D eigenvalue weighted by molar-refractivity contribution is 7.99. The van der Waals surface area contributed by atoms with Crippen LogP contribution >= 0.6 is 35.0 Å². The molecule has 1 N–H and O–H groups in total. The van der Waals surface area contributed by atoms with E-state index in [1.165, 1.54) is 5.57 Å². The van der Waals surface area contributed by atoms with Crippen molar-refractivity contribution in [3.8, 4) is 0 Å². The van der Waals surface area contributed by atoms with Crippen molar-refractivity contribution in [1.29, 1.82) is 0 Å². The van der Waals surface area contributed by atoms with Crippen molar-refractivity contribution in [2.75, 3.05) is 18.8 Å². The lowest BCUT2D eigenvalue weighted by Gasteiger charge is -2.06. The standard InChI is InChI=1S/C12H15Cl2NS/c1-3-15-7-9(2)8-16-10-4-5-11(13)12(14)6-10/h4-6,15H,2-3,7-8H2,1H3. The van der Waals surface area contributed by atoms with E-state index in [2.05, 4.69) is 18.8 Å². The van der Waals surface area contributed by atoms with Crippen molar-refractivity contribution in [3.05, 3.63) is 40.4 Å². The molecule has 88 valence electrons. The minimum atomic E-state index is 0.595. The van der Waals surface area contributed by atoms with Crippen LogP contribution in [-0.4, -0.2) is 18.8 Å². The lowest BCUT2D eigenvalue weighted by Crippen LogP contribution is -2.16. The van der Waals surface area contributed by atoms with Gasteiger partial charge in [0.1, 0.15) is 0 Å². The maximum Gasteiger partial charge on any atom is 0.0603 e. The highest BCUT2D eigenvalue weighted by atomic mass is 35.5. The van der Waals surface area contributed by atoms with Gasteiger partial charge < -0.3 is 5.32 Å². The molecule has 1 aromatic rings. The van der Waals surface area contributed by atoms with E-state index < -0.39 is 0 Å². The smallest absolute Gasteiger partial charge is 0.0603 e. The molecule has 0 saturated carbocycles. The summed E-state index contributed by atoms with van der Waals surface area (Å²) in [6.45, 7) is 7.92. The number of likely N-dealkylation sites (N-methyl/N-ethyl adjacent to an activating group) is 1. The molecule has 16 heavy (non-hydrogen) atoms. The van der Waals surface area contributed by atoms with E-state index in [1.54, 1.807) is 11.8 Å². The predicted molar refractivity (Wildman–Crippen MR) is 74.9 cm³/mol. The zero-order chi connectivity index (χ0) is 12.0. The van der Waals surface area contributed by atoms with Gasteiger partial charge in [-0.25, -0.2) is 0 Å². The molecule has 0 atom stereocenters. The van der Waals surface area contributed by atoms with Crippen molar-refractivity contribution < 1.29 is 0 Å². The second kappa shape index (κ2) is 7.23. The van der Waals surface area contributed by atoms with Crippen LogP contribution in [0, 0.1) is 0 Å². The lowest BCUT2D eigenvalue weighted by molar-refractivity contribution is 0.779. The summed E-state index contributed by atoms with van der Waals surface area (Å²) in [6.07, 6.45) is 0. The molecule has 1 nitrogen and oxygen atoms in total. The lowest BCUT2D eigenvalue weighted by atomic mass is 10.3. The maximum atomic E-state index is 5.93. The van der Waals surface area contributed by atoms with E-state index in [1.807, 2.05) is 18.2 Å². The van der Waals surface area contributed by atoms with Crippen LogP contribution in [0.5, 0.6) is 0 Å². The number of benzene rings is 1. The molecule has 0 amide bonds. The fourth-order valence-electron chi connectivity index (χ4n) is 1.10. The molecule has 0 bridgehead atoms. The van der Waals surface area contributed by atoms with Gasteiger partial charge in [0.15, 0.2) is 0 Å². The van der Waals surface area contributed by atoms with E-state index in [4.69, 9.17) is 23.2 Å². The molecule has 1 rings (SSSR count). The van der Waals surface area contributed by atoms with Crippen molar-refractivity contribution in [3.63, 3.8) is 0 Å². The molecule has 0 aliphatic carbocycles. The Morgan fingerprint density at radius 1 is 1.38 bits per heavy atom. The van der Waals surface area contributed by atoms with Gasteiger partial charge in [-0.05, 0) is 24.7 Å². The summed E-state index contributed by atoms with van der Waals surface area (Å²) in [5.74, 6) is 0.894. The summed E-state index contributed by atoms with van der Waals surface area (Å²) in [5.41, 5.74) is 1.18. The predicted octanol–water partition coefficient (Wildman–Crippen LogP) is 4.25. The summed E-state index contributed by atoms with van der Waals surface area (Å²) in [5, 5.41) is 4.44. The molecule has 0 spiro atoms.